The highest BCUT2D eigenvalue weighted by Crippen LogP contribution is 2.31. The number of carbonyl (C=O) groups is 1. The summed E-state index contributed by atoms with van der Waals surface area (Å²) in [7, 11) is -3.22. The second-order valence-electron chi connectivity index (χ2n) is 5.71. The molecule has 1 atom stereocenters. The highest BCUT2D eigenvalue weighted by Gasteiger charge is 2.32. The van der Waals surface area contributed by atoms with E-state index in [1.807, 2.05) is 12.1 Å². The van der Waals surface area contributed by atoms with Crippen molar-refractivity contribution in [1.29, 1.82) is 0 Å². The van der Waals surface area contributed by atoms with Crippen molar-refractivity contribution in [1.82, 2.24) is 9.21 Å². The summed E-state index contributed by atoms with van der Waals surface area (Å²) in [5, 5.41) is 0. The normalized spacial score (nSPS) is 22.5. The molecule has 0 aliphatic carbocycles. The van der Waals surface area contributed by atoms with Crippen LogP contribution in [0.5, 0.6) is 11.5 Å². The minimum absolute atomic E-state index is 0.158. The second-order valence-corrected chi connectivity index (χ2v) is 7.69. The number of para-hydroxylation sites is 2. The number of hydrogen-bond donors (Lipinski definition) is 0. The van der Waals surface area contributed by atoms with Crippen LogP contribution in [0.4, 0.5) is 0 Å². The third-order valence-corrected chi connectivity index (χ3v) is 5.32. The average molecular weight is 340 g/mol. The van der Waals surface area contributed by atoms with Gasteiger partial charge in [-0.2, -0.15) is 0 Å². The quantitative estimate of drug-likeness (QED) is 0.775. The fourth-order valence-corrected chi connectivity index (χ4v) is 3.66. The van der Waals surface area contributed by atoms with Gasteiger partial charge in [0.15, 0.2) is 11.5 Å². The molecule has 2 heterocycles. The molecule has 1 aromatic rings. The van der Waals surface area contributed by atoms with Crippen molar-refractivity contribution in [3.63, 3.8) is 0 Å². The molecule has 7 nitrogen and oxygen atoms in total. The van der Waals surface area contributed by atoms with Crippen LogP contribution < -0.4 is 9.47 Å². The fraction of sp³-hybridized carbons (Fsp3) is 0.533. The number of hydrogen-bond acceptors (Lipinski definition) is 5. The molecule has 1 fully saturated rings. The fourth-order valence-electron chi connectivity index (χ4n) is 2.79. The predicted molar refractivity (Wildman–Crippen MR) is 84.0 cm³/mol. The number of rotatable bonds is 2. The van der Waals surface area contributed by atoms with Gasteiger partial charge < -0.3 is 14.4 Å². The van der Waals surface area contributed by atoms with Crippen molar-refractivity contribution in [2.24, 2.45) is 0 Å². The number of nitrogens with zero attached hydrogens (tertiary/aromatic N) is 2. The molecule has 0 N–H and O–H groups in total. The molecule has 126 valence electrons. The monoisotopic (exact) mass is 340 g/mol. The third kappa shape index (κ3) is 3.59. The lowest BCUT2D eigenvalue weighted by atomic mass is 10.2. The minimum Gasteiger partial charge on any atom is -0.485 e. The molecular weight excluding hydrogens is 320 g/mol. The summed E-state index contributed by atoms with van der Waals surface area (Å²) < 4.78 is 36.0. The number of sulfonamides is 1. The summed E-state index contributed by atoms with van der Waals surface area (Å²) in [5.74, 6) is 1.04. The van der Waals surface area contributed by atoms with Crippen LogP contribution in [0.2, 0.25) is 0 Å². The van der Waals surface area contributed by atoms with E-state index in [0.717, 1.165) is 0 Å². The number of ether oxygens (including phenoxy) is 2. The molecule has 2 aliphatic rings. The summed E-state index contributed by atoms with van der Waals surface area (Å²) in [6, 6.07) is 7.23. The Kier molecular flexibility index (Phi) is 4.45. The topological polar surface area (TPSA) is 76.2 Å². The summed E-state index contributed by atoms with van der Waals surface area (Å²) in [6.45, 7) is 1.81. The molecule has 0 aromatic heterocycles. The van der Waals surface area contributed by atoms with Crippen LogP contribution in [-0.4, -0.2) is 68.7 Å². The maximum absolute atomic E-state index is 12.6. The van der Waals surface area contributed by atoms with Gasteiger partial charge in [0.05, 0.1) is 6.26 Å². The van der Waals surface area contributed by atoms with Crippen LogP contribution in [0.3, 0.4) is 0 Å². The minimum atomic E-state index is -3.22. The Hall–Kier alpha value is -1.80. The summed E-state index contributed by atoms with van der Waals surface area (Å²) >= 11 is 0. The molecule has 0 radical (unpaired) electrons. The lowest BCUT2D eigenvalue weighted by Gasteiger charge is -2.30. The van der Waals surface area contributed by atoms with E-state index < -0.39 is 16.1 Å². The molecule has 1 saturated heterocycles. The van der Waals surface area contributed by atoms with Gasteiger partial charge in [0.2, 0.25) is 16.1 Å². The molecule has 1 amide bonds. The lowest BCUT2D eigenvalue weighted by Crippen LogP contribution is -2.47. The van der Waals surface area contributed by atoms with Gasteiger partial charge in [0, 0.05) is 26.2 Å². The first-order chi connectivity index (χ1) is 10.9. The maximum atomic E-state index is 12.6. The molecule has 23 heavy (non-hydrogen) atoms. The Bertz CT molecular complexity index is 691. The van der Waals surface area contributed by atoms with Crippen LogP contribution in [0, 0.1) is 0 Å². The Morgan fingerprint density at radius 3 is 2.61 bits per heavy atom. The van der Waals surface area contributed by atoms with E-state index in [4.69, 9.17) is 9.47 Å². The largest absolute Gasteiger partial charge is 0.485 e. The zero-order valence-electron chi connectivity index (χ0n) is 13.0. The van der Waals surface area contributed by atoms with E-state index in [1.165, 1.54) is 10.6 Å². The highest BCUT2D eigenvalue weighted by molar-refractivity contribution is 7.88. The van der Waals surface area contributed by atoms with E-state index >= 15 is 0 Å². The van der Waals surface area contributed by atoms with Crippen molar-refractivity contribution in [2.45, 2.75) is 12.5 Å². The first kappa shape index (κ1) is 16.1. The van der Waals surface area contributed by atoms with Gasteiger partial charge in [-0.1, -0.05) is 12.1 Å². The first-order valence-corrected chi connectivity index (χ1v) is 9.42. The van der Waals surface area contributed by atoms with Crippen molar-refractivity contribution in [3.05, 3.63) is 24.3 Å². The van der Waals surface area contributed by atoms with E-state index in [1.54, 1.807) is 17.0 Å². The molecule has 0 unspecified atom stereocenters. The van der Waals surface area contributed by atoms with Crippen molar-refractivity contribution in [3.8, 4) is 11.5 Å². The summed E-state index contributed by atoms with van der Waals surface area (Å²) in [6.07, 6.45) is 1.12. The number of carbonyl (C=O) groups excluding carboxylic acids is 1. The third-order valence-electron chi connectivity index (χ3n) is 4.02. The first-order valence-electron chi connectivity index (χ1n) is 7.57. The van der Waals surface area contributed by atoms with E-state index in [-0.39, 0.29) is 12.5 Å². The van der Waals surface area contributed by atoms with E-state index in [0.29, 0.717) is 44.1 Å². The van der Waals surface area contributed by atoms with Gasteiger partial charge >= 0.3 is 0 Å². The molecule has 2 aliphatic heterocycles. The van der Waals surface area contributed by atoms with Crippen LogP contribution in [0.15, 0.2) is 24.3 Å². The molecular formula is C15H20N2O5S. The maximum Gasteiger partial charge on any atom is 0.267 e. The van der Waals surface area contributed by atoms with Gasteiger partial charge in [0.25, 0.3) is 5.91 Å². The smallest absolute Gasteiger partial charge is 0.267 e. The van der Waals surface area contributed by atoms with Crippen molar-refractivity contribution in [2.75, 3.05) is 39.0 Å². The van der Waals surface area contributed by atoms with E-state index in [9.17, 15) is 13.2 Å². The van der Waals surface area contributed by atoms with Crippen LogP contribution in [0.25, 0.3) is 0 Å². The van der Waals surface area contributed by atoms with E-state index in [2.05, 4.69) is 0 Å². The molecule has 0 spiro atoms. The summed E-state index contributed by atoms with van der Waals surface area (Å²) in [4.78, 5) is 14.3. The van der Waals surface area contributed by atoms with Crippen LogP contribution in [0.1, 0.15) is 6.42 Å². The molecule has 0 saturated carbocycles. The van der Waals surface area contributed by atoms with Gasteiger partial charge in [-0.3, -0.25) is 4.79 Å². The van der Waals surface area contributed by atoms with Gasteiger partial charge in [-0.15, -0.1) is 0 Å². The highest BCUT2D eigenvalue weighted by atomic mass is 32.2. The standard InChI is InChI=1S/C15H20N2O5S/c1-23(19,20)17-8-4-7-16(9-10-17)15(18)14-11-21-12-5-2-3-6-13(12)22-14/h2-3,5-6,14H,4,7-11H2,1H3/t14-/m0/s1. The average Bonchev–Trinajstić information content (AvgIpc) is 2.79. The summed E-state index contributed by atoms with van der Waals surface area (Å²) in [5.41, 5.74) is 0. The van der Waals surface area contributed by atoms with Crippen LogP contribution >= 0.6 is 0 Å². The number of fused-ring (bicyclic) bond motifs is 1. The Balaban J connectivity index is 1.65. The van der Waals surface area contributed by atoms with Crippen molar-refractivity contribution < 1.29 is 22.7 Å². The zero-order chi connectivity index (χ0) is 16.4. The zero-order valence-corrected chi connectivity index (χ0v) is 13.8. The molecule has 1 aromatic carbocycles. The SMILES string of the molecule is CS(=O)(=O)N1CCCN(C(=O)[C@@H]2COc3ccccc3O2)CC1. The van der Waals surface area contributed by atoms with Crippen LogP contribution in [-0.2, 0) is 14.8 Å². The Morgan fingerprint density at radius 2 is 1.87 bits per heavy atom. The van der Waals surface area contributed by atoms with Gasteiger partial charge in [0.1, 0.15) is 6.61 Å². The Morgan fingerprint density at radius 1 is 1.13 bits per heavy atom. The van der Waals surface area contributed by atoms with Gasteiger partial charge in [-0.25, -0.2) is 12.7 Å². The number of amides is 1. The molecule has 3 rings (SSSR count). The predicted octanol–water partition coefficient (Wildman–Crippen LogP) is 0.320. The molecule has 0 bridgehead atoms. The number of benzene rings is 1. The second kappa shape index (κ2) is 6.37. The lowest BCUT2D eigenvalue weighted by molar-refractivity contribution is -0.141. The van der Waals surface area contributed by atoms with Crippen molar-refractivity contribution >= 4 is 15.9 Å². The molecule has 8 heteroatoms. The Labute approximate surface area is 135 Å². The van der Waals surface area contributed by atoms with Gasteiger partial charge in [-0.05, 0) is 18.6 Å².